The normalized spacial score (nSPS) is 15.4. The van der Waals surface area contributed by atoms with Crippen molar-refractivity contribution in [3.8, 4) is 0 Å². The number of furan rings is 1. The molecule has 0 spiro atoms. The zero-order valence-electron chi connectivity index (χ0n) is 10.1. The van der Waals surface area contributed by atoms with Crippen LogP contribution < -0.4 is 5.32 Å². The Morgan fingerprint density at radius 1 is 1.29 bits per heavy atom. The van der Waals surface area contributed by atoms with Crippen LogP contribution in [0.2, 0.25) is 0 Å². The summed E-state index contributed by atoms with van der Waals surface area (Å²) in [5.41, 5.74) is 2.64. The second-order valence-electron chi connectivity index (χ2n) is 4.79. The fraction of sp³-hybridized carbons (Fsp3) is 0.429. The molecule has 2 aromatic heterocycles. The predicted molar refractivity (Wildman–Crippen MR) is 66.8 cm³/mol. The lowest BCUT2D eigenvalue weighted by molar-refractivity contribution is 0.515. The number of hydrogen-bond acceptors (Lipinski definition) is 2. The molecule has 2 heterocycles. The monoisotopic (exact) mass is 230 g/mol. The van der Waals surface area contributed by atoms with Crippen LogP contribution in [0.25, 0.3) is 0 Å². The molecule has 1 aliphatic rings. The summed E-state index contributed by atoms with van der Waals surface area (Å²) in [6.45, 7) is 0.972. The molecule has 2 aromatic rings. The smallest absolute Gasteiger partial charge is 0.109 e. The van der Waals surface area contributed by atoms with Gasteiger partial charge < -0.3 is 14.3 Å². The van der Waals surface area contributed by atoms with E-state index in [-0.39, 0.29) is 0 Å². The van der Waals surface area contributed by atoms with Gasteiger partial charge in [0.1, 0.15) is 5.76 Å². The fourth-order valence-corrected chi connectivity index (χ4v) is 2.08. The molecule has 90 valence electrons. The summed E-state index contributed by atoms with van der Waals surface area (Å²) in [7, 11) is 2.13. The Balaban J connectivity index is 1.68. The zero-order chi connectivity index (χ0) is 11.7. The average molecular weight is 230 g/mol. The van der Waals surface area contributed by atoms with Crippen LogP contribution in [0.3, 0.4) is 0 Å². The Labute approximate surface area is 101 Å². The first kappa shape index (κ1) is 10.7. The summed E-state index contributed by atoms with van der Waals surface area (Å²) < 4.78 is 7.64. The second-order valence-corrected chi connectivity index (χ2v) is 4.79. The van der Waals surface area contributed by atoms with Crippen molar-refractivity contribution in [3.05, 3.63) is 47.7 Å². The Morgan fingerprint density at radius 3 is 2.82 bits per heavy atom. The Hall–Kier alpha value is -1.48. The Kier molecular flexibility index (Phi) is 2.77. The number of nitrogens with one attached hydrogen (secondary N) is 1. The SMILES string of the molecule is Cn1c(CNC2CC2)ccc1Cc1ccco1. The molecule has 3 rings (SSSR count). The summed E-state index contributed by atoms with van der Waals surface area (Å²) in [5.74, 6) is 1.02. The minimum absolute atomic E-state index is 0.762. The maximum absolute atomic E-state index is 5.38. The maximum atomic E-state index is 5.38. The summed E-state index contributed by atoms with van der Waals surface area (Å²) >= 11 is 0. The molecule has 0 atom stereocenters. The van der Waals surface area contributed by atoms with Crippen molar-refractivity contribution in [1.29, 1.82) is 0 Å². The molecule has 1 aliphatic carbocycles. The van der Waals surface area contributed by atoms with Crippen molar-refractivity contribution in [2.24, 2.45) is 7.05 Å². The minimum Gasteiger partial charge on any atom is -0.469 e. The molecular weight excluding hydrogens is 212 g/mol. The highest BCUT2D eigenvalue weighted by atomic mass is 16.3. The van der Waals surface area contributed by atoms with Crippen LogP contribution in [0.5, 0.6) is 0 Å². The van der Waals surface area contributed by atoms with E-state index in [1.807, 2.05) is 12.1 Å². The third-order valence-corrected chi connectivity index (χ3v) is 3.41. The second kappa shape index (κ2) is 4.41. The molecular formula is C14H18N2O. The van der Waals surface area contributed by atoms with Gasteiger partial charge in [0.25, 0.3) is 0 Å². The van der Waals surface area contributed by atoms with Gasteiger partial charge in [0.2, 0.25) is 0 Å². The van der Waals surface area contributed by atoms with Gasteiger partial charge in [0.05, 0.1) is 6.26 Å². The van der Waals surface area contributed by atoms with Crippen molar-refractivity contribution in [3.63, 3.8) is 0 Å². The van der Waals surface area contributed by atoms with E-state index in [2.05, 4.69) is 29.1 Å². The number of hydrogen-bond donors (Lipinski definition) is 1. The van der Waals surface area contributed by atoms with Crippen LogP contribution >= 0.6 is 0 Å². The van der Waals surface area contributed by atoms with Gasteiger partial charge in [0, 0.05) is 37.4 Å². The van der Waals surface area contributed by atoms with Crippen LogP contribution in [0.1, 0.15) is 30.0 Å². The lowest BCUT2D eigenvalue weighted by Crippen LogP contribution is -2.17. The highest BCUT2D eigenvalue weighted by Gasteiger charge is 2.20. The Morgan fingerprint density at radius 2 is 2.12 bits per heavy atom. The first-order valence-electron chi connectivity index (χ1n) is 6.22. The van der Waals surface area contributed by atoms with Crippen molar-refractivity contribution >= 4 is 0 Å². The van der Waals surface area contributed by atoms with E-state index in [0.717, 1.165) is 24.8 Å². The van der Waals surface area contributed by atoms with E-state index in [4.69, 9.17) is 4.42 Å². The molecule has 0 unspecified atom stereocenters. The van der Waals surface area contributed by atoms with Crippen molar-refractivity contribution < 1.29 is 4.42 Å². The van der Waals surface area contributed by atoms with Gasteiger partial charge in [-0.25, -0.2) is 0 Å². The number of aromatic nitrogens is 1. The summed E-state index contributed by atoms with van der Waals surface area (Å²) in [6.07, 6.45) is 5.27. The highest BCUT2D eigenvalue weighted by molar-refractivity contribution is 5.20. The van der Waals surface area contributed by atoms with Gasteiger partial charge in [-0.05, 0) is 37.1 Å². The van der Waals surface area contributed by atoms with Gasteiger partial charge >= 0.3 is 0 Å². The van der Waals surface area contributed by atoms with E-state index in [1.165, 1.54) is 24.2 Å². The van der Waals surface area contributed by atoms with Crippen LogP contribution in [0.15, 0.2) is 34.9 Å². The van der Waals surface area contributed by atoms with Crippen molar-refractivity contribution in [2.75, 3.05) is 0 Å². The molecule has 0 saturated heterocycles. The van der Waals surface area contributed by atoms with Gasteiger partial charge in [-0.2, -0.15) is 0 Å². The molecule has 0 aromatic carbocycles. The Bertz CT molecular complexity index is 480. The fourth-order valence-electron chi connectivity index (χ4n) is 2.08. The zero-order valence-corrected chi connectivity index (χ0v) is 10.1. The lowest BCUT2D eigenvalue weighted by Gasteiger charge is -2.07. The average Bonchev–Trinajstić information content (AvgIpc) is 2.90. The first-order valence-corrected chi connectivity index (χ1v) is 6.22. The number of rotatable bonds is 5. The van der Waals surface area contributed by atoms with Crippen molar-refractivity contribution in [1.82, 2.24) is 9.88 Å². The van der Waals surface area contributed by atoms with E-state index < -0.39 is 0 Å². The third kappa shape index (κ3) is 2.44. The van der Waals surface area contributed by atoms with E-state index >= 15 is 0 Å². The summed E-state index contributed by atoms with van der Waals surface area (Å²) in [4.78, 5) is 0. The topological polar surface area (TPSA) is 30.1 Å². The van der Waals surface area contributed by atoms with Gasteiger partial charge in [0.15, 0.2) is 0 Å². The molecule has 3 heteroatoms. The summed E-state index contributed by atoms with van der Waals surface area (Å²) in [6, 6.07) is 9.11. The third-order valence-electron chi connectivity index (χ3n) is 3.41. The molecule has 0 radical (unpaired) electrons. The molecule has 0 bridgehead atoms. The van der Waals surface area contributed by atoms with Crippen LogP contribution in [0, 0.1) is 0 Å². The largest absolute Gasteiger partial charge is 0.469 e. The quantitative estimate of drug-likeness (QED) is 0.855. The van der Waals surface area contributed by atoms with Crippen LogP contribution in [-0.4, -0.2) is 10.6 Å². The molecule has 1 saturated carbocycles. The molecule has 0 aliphatic heterocycles. The van der Waals surface area contributed by atoms with Gasteiger partial charge in [-0.15, -0.1) is 0 Å². The molecule has 0 amide bonds. The van der Waals surface area contributed by atoms with Crippen molar-refractivity contribution in [2.45, 2.75) is 31.8 Å². The predicted octanol–water partition coefficient (Wildman–Crippen LogP) is 2.46. The van der Waals surface area contributed by atoms with Gasteiger partial charge in [-0.3, -0.25) is 0 Å². The van der Waals surface area contributed by atoms with E-state index in [0.29, 0.717) is 0 Å². The molecule has 17 heavy (non-hydrogen) atoms. The molecule has 1 fully saturated rings. The lowest BCUT2D eigenvalue weighted by atomic mass is 10.2. The van der Waals surface area contributed by atoms with Gasteiger partial charge in [-0.1, -0.05) is 0 Å². The van der Waals surface area contributed by atoms with E-state index in [1.54, 1.807) is 6.26 Å². The standard InChI is InChI=1S/C14H18N2O/c1-16-12(9-14-3-2-8-17-14)6-7-13(16)10-15-11-4-5-11/h2-3,6-8,11,15H,4-5,9-10H2,1H3. The van der Waals surface area contributed by atoms with Crippen LogP contribution in [0.4, 0.5) is 0 Å². The highest BCUT2D eigenvalue weighted by Crippen LogP contribution is 2.20. The minimum atomic E-state index is 0.762. The first-order chi connectivity index (χ1) is 8.33. The molecule has 3 nitrogen and oxygen atoms in total. The van der Waals surface area contributed by atoms with E-state index in [9.17, 15) is 0 Å². The summed E-state index contributed by atoms with van der Waals surface area (Å²) in [5, 5.41) is 3.54. The molecule has 1 N–H and O–H groups in total. The van der Waals surface area contributed by atoms with Crippen LogP contribution in [-0.2, 0) is 20.0 Å². The maximum Gasteiger partial charge on any atom is 0.109 e. The number of nitrogens with zero attached hydrogens (tertiary/aromatic N) is 1.